The van der Waals surface area contributed by atoms with Gasteiger partial charge in [-0.05, 0) is 24.6 Å². The van der Waals surface area contributed by atoms with E-state index in [1.54, 1.807) is 18.5 Å². The molecule has 0 bridgehead atoms. The minimum atomic E-state index is -0.432. The predicted octanol–water partition coefficient (Wildman–Crippen LogP) is 2.48. The highest BCUT2D eigenvalue weighted by Crippen LogP contribution is 2.17. The van der Waals surface area contributed by atoms with Gasteiger partial charge < -0.3 is 15.2 Å². The number of aromatic nitrogens is 3. The van der Waals surface area contributed by atoms with Gasteiger partial charge in [-0.3, -0.25) is 9.59 Å². The average molecular weight is 377 g/mol. The van der Waals surface area contributed by atoms with E-state index in [0.717, 1.165) is 12.1 Å². The Labute approximate surface area is 163 Å². The molecule has 3 rings (SSSR count). The first kappa shape index (κ1) is 19.3. The van der Waals surface area contributed by atoms with Crippen molar-refractivity contribution in [1.29, 1.82) is 0 Å². The molecule has 0 saturated heterocycles. The van der Waals surface area contributed by atoms with Gasteiger partial charge in [0, 0.05) is 12.1 Å². The molecule has 0 aliphatic heterocycles. The lowest BCUT2D eigenvalue weighted by molar-refractivity contribution is -0.121. The van der Waals surface area contributed by atoms with Crippen LogP contribution in [0.2, 0.25) is 0 Å². The molecule has 144 valence electrons. The van der Waals surface area contributed by atoms with E-state index in [2.05, 4.69) is 20.8 Å². The summed E-state index contributed by atoms with van der Waals surface area (Å²) in [6, 6.07) is 18.0. The number of nitrogens with zero attached hydrogens (tertiary/aromatic N) is 3. The van der Waals surface area contributed by atoms with Crippen LogP contribution in [-0.2, 0) is 17.9 Å². The van der Waals surface area contributed by atoms with Gasteiger partial charge in [0.25, 0.3) is 5.91 Å². The van der Waals surface area contributed by atoms with Gasteiger partial charge in [-0.2, -0.15) is 0 Å². The molecule has 0 aliphatic carbocycles. The second-order valence-electron chi connectivity index (χ2n) is 6.32. The van der Waals surface area contributed by atoms with Crippen molar-refractivity contribution < 1.29 is 9.59 Å². The van der Waals surface area contributed by atoms with E-state index in [1.807, 2.05) is 60.0 Å². The van der Waals surface area contributed by atoms with Gasteiger partial charge >= 0.3 is 0 Å². The fourth-order valence-electron chi connectivity index (χ4n) is 2.88. The maximum Gasteiger partial charge on any atom is 0.251 e. The molecule has 1 heterocycles. The number of benzene rings is 2. The fraction of sp³-hybridized carbons (Fsp3) is 0.238. The smallest absolute Gasteiger partial charge is 0.251 e. The van der Waals surface area contributed by atoms with E-state index < -0.39 is 6.04 Å². The van der Waals surface area contributed by atoms with Gasteiger partial charge in [0.1, 0.15) is 6.33 Å². The van der Waals surface area contributed by atoms with Crippen molar-refractivity contribution in [1.82, 2.24) is 25.4 Å². The molecule has 2 amide bonds. The number of carbonyl (C=O) groups excluding carboxylic acids is 2. The van der Waals surface area contributed by atoms with Gasteiger partial charge in [0.05, 0.1) is 19.0 Å². The van der Waals surface area contributed by atoms with Crippen LogP contribution in [0.1, 0.15) is 41.1 Å². The van der Waals surface area contributed by atoms with Crippen LogP contribution < -0.4 is 10.6 Å². The van der Waals surface area contributed by atoms with Crippen LogP contribution in [0.4, 0.5) is 0 Å². The molecule has 1 aromatic heterocycles. The van der Waals surface area contributed by atoms with Crippen molar-refractivity contribution in [2.75, 3.05) is 0 Å². The normalized spacial score (nSPS) is 11.6. The lowest BCUT2D eigenvalue weighted by Gasteiger charge is -2.19. The van der Waals surface area contributed by atoms with E-state index in [-0.39, 0.29) is 18.2 Å². The van der Waals surface area contributed by atoms with E-state index in [9.17, 15) is 9.59 Å². The summed E-state index contributed by atoms with van der Waals surface area (Å²) in [4.78, 5) is 25.1. The quantitative estimate of drug-likeness (QED) is 0.631. The minimum absolute atomic E-state index is 0.128. The summed E-state index contributed by atoms with van der Waals surface area (Å²) in [6.45, 7) is 3.01. The molecular weight excluding hydrogens is 354 g/mol. The Balaban J connectivity index is 1.67. The van der Waals surface area contributed by atoms with Crippen LogP contribution in [-0.4, -0.2) is 26.6 Å². The second-order valence-corrected chi connectivity index (χ2v) is 6.32. The van der Waals surface area contributed by atoms with Crippen molar-refractivity contribution in [3.63, 3.8) is 0 Å². The minimum Gasteiger partial charge on any atom is -0.349 e. The highest BCUT2D eigenvalue weighted by Gasteiger charge is 2.19. The maximum absolute atomic E-state index is 12.6. The summed E-state index contributed by atoms with van der Waals surface area (Å²) < 4.78 is 1.87. The van der Waals surface area contributed by atoms with Gasteiger partial charge in [0.2, 0.25) is 5.91 Å². The molecule has 28 heavy (non-hydrogen) atoms. The zero-order valence-electron chi connectivity index (χ0n) is 15.7. The van der Waals surface area contributed by atoms with Crippen LogP contribution in [0.3, 0.4) is 0 Å². The lowest BCUT2D eigenvalue weighted by atomic mass is 10.0. The Morgan fingerprint density at radius 3 is 2.39 bits per heavy atom. The Bertz CT molecular complexity index is 909. The lowest BCUT2D eigenvalue weighted by Crippen LogP contribution is -2.34. The number of rotatable bonds is 8. The van der Waals surface area contributed by atoms with Crippen LogP contribution in [0.5, 0.6) is 0 Å². The van der Waals surface area contributed by atoms with Gasteiger partial charge in [-0.1, -0.05) is 48.5 Å². The third kappa shape index (κ3) is 5.03. The molecule has 3 aromatic rings. The first-order chi connectivity index (χ1) is 13.7. The molecule has 0 aliphatic rings. The predicted molar refractivity (Wildman–Crippen MR) is 105 cm³/mol. The molecule has 2 aromatic carbocycles. The Morgan fingerprint density at radius 2 is 1.71 bits per heavy atom. The second kappa shape index (κ2) is 9.45. The van der Waals surface area contributed by atoms with Crippen molar-refractivity contribution in [2.45, 2.75) is 32.5 Å². The molecule has 0 radical (unpaired) electrons. The third-order valence-electron chi connectivity index (χ3n) is 4.41. The zero-order chi connectivity index (χ0) is 19.8. The molecule has 7 heteroatoms. The van der Waals surface area contributed by atoms with Crippen molar-refractivity contribution in [3.8, 4) is 0 Å². The summed E-state index contributed by atoms with van der Waals surface area (Å²) >= 11 is 0. The summed E-state index contributed by atoms with van der Waals surface area (Å²) in [5.41, 5.74) is 1.43. The Kier molecular flexibility index (Phi) is 6.51. The van der Waals surface area contributed by atoms with E-state index in [4.69, 9.17) is 0 Å². The maximum atomic E-state index is 12.6. The molecule has 0 fully saturated rings. The number of nitrogens with one attached hydrogen (secondary N) is 2. The van der Waals surface area contributed by atoms with Crippen LogP contribution in [0, 0.1) is 0 Å². The van der Waals surface area contributed by atoms with Gasteiger partial charge in [0.15, 0.2) is 5.82 Å². The summed E-state index contributed by atoms with van der Waals surface area (Å²) in [5, 5.41) is 13.7. The van der Waals surface area contributed by atoms with E-state index in [0.29, 0.717) is 17.9 Å². The summed E-state index contributed by atoms with van der Waals surface area (Å²) in [7, 11) is 0. The van der Waals surface area contributed by atoms with Crippen molar-refractivity contribution in [2.24, 2.45) is 0 Å². The van der Waals surface area contributed by atoms with Crippen LogP contribution in [0.25, 0.3) is 0 Å². The van der Waals surface area contributed by atoms with Gasteiger partial charge in [-0.25, -0.2) is 0 Å². The number of hydrogen-bond donors (Lipinski definition) is 2. The zero-order valence-corrected chi connectivity index (χ0v) is 15.7. The van der Waals surface area contributed by atoms with Crippen LogP contribution in [0.15, 0.2) is 67.0 Å². The highest BCUT2D eigenvalue weighted by atomic mass is 16.2. The van der Waals surface area contributed by atoms with Crippen molar-refractivity contribution in [3.05, 3.63) is 83.9 Å². The fourth-order valence-corrected chi connectivity index (χ4v) is 2.88. The average Bonchev–Trinajstić information content (AvgIpc) is 3.20. The van der Waals surface area contributed by atoms with Gasteiger partial charge in [-0.15, -0.1) is 10.2 Å². The molecule has 2 N–H and O–H groups in total. The molecule has 1 atom stereocenters. The largest absolute Gasteiger partial charge is 0.349 e. The number of amides is 2. The highest BCUT2D eigenvalue weighted by molar-refractivity contribution is 5.94. The molecular formula is C21H23N5O2. The van der Waals surface area contributed by atoms with E-state index >= 15 is 0 Å². The molecule has 0 spiro atoms. The first-order valence-electron chi connectivity index (χ1n) is 9.21. The molecule has 0 unspecified atom stereocenters. The SMILES string of the molecule is CCn1cnnc1CNC(=O)C[C@@H](NC(=O)c1ccccc1)c1ccccc1. The third-order valence-corrected chi connectivity index (χ3v) is 4.41. The number of hydrogen-bond acceptors (Lipinski definition) is 4. The molecule has 0 saturated carbocycles. The molecule has 7 nitrogen and oxygen atoms in total. The summed E-state index contributed by atoms with van der Waals surface area (Å²) in [5.74, 6) is 0.307. The number of carbonyl (C=O) groups is 2. The first-order valence-corrected chi connectivity index (χ1v) is 9.21. The van der Waals surface area contributed by atoms with E-state index in [1.165, 1.54) is 0 Å². The Hall–Kier alpha value is -3.48. The Morgan fingerprint density at radius 1 is 1.04 bits per heavy atom. The van der Waals surface area contributed by atoms with Crippen LogP contribution >= 0.6 is 0 Å². The topological polar surface area (TPSA) is 88.9 Å². The standard InChI is InChI=1S/C21H23N5O2/c1-2-26-15-23-25-19(26)14-22-20(27)13-18(16-9-5-3-6-10-16)24-21(28)17-11-7-4-8-12-17/h3-12,15,18H,2,13-14H2,1H3,(H,22,27)(H,24,28)/t18-/m1/s1. The van der Waals surface area contributed by atoms with Crippen molar-refractivity contribution >= 4 is 11.8 Å². The summed E-state index contributed by atoms with van der Waals surface area (Å²) in [6.07, 6.45) is 1.76. The number of aryl methyl sites for hydroxylation is 1. The monoisotopic (exact) mass is 377 g/mol.